The lowest BCUT2D eigenvalue weighted by Crippen LogP contribution is -2.50. The van der Waals surface area contributed by atoms with Crippen molar-refractivity contribution in [1.82, 2.24) is 4.90 Å². The van der Waals surface area contributed by atoms with Crippen molar-refractivity contribution in [2.75, 3.05) is 17.2 Å². The average Bonchev–Trinajstić information content (AvgIpc) is 3.32. The van der Waals surface area contributed by atoms with Crippen LogP contribution >= 0.6 is 23.4 Å². The van der Waals surface area contributed by atoms with Gasteiger partial charge in [-0.05, 0) is 42.0 Å². The molecule has 0 aliphatic carbocycles. The number of fused-ring (bicyclic) bond motifs is 2. The molecule has 0 aromatic heterocycles. The van der Waals surface area contributed by atoms with Gasteiger partial charge >= 0.3 is 0 Å². The Morgan fingerprint density at radius 2 is 1.81 bits per heavy atom. The number of nitrogens with zero attached hydrogens (tertiary/aromatic N) is 2. The Kier molecular flexibility index (Phi) is 4.99. The van der Waals surface area contributed by atoms with E-state index < -0.39 is 10.7 Å². The van der Waals surface area contributed by atoms with Crippen molar-refractivity contribution in [1.29, 1.82) is 0 Å². The minimum absolute atomic E-state index is 0.242. The van der Waals surface area contributed by atoms with Crippen LogP contribution in [0, 0.1) is 5.82 Å². The minimum Gasteiger partial charge on any atom is -0.311 e. The number of carbonyl (C=O) groups is 2. The Balaban J connectivity index is 1.62. The highest BCUT2D eigenvalue weighted by Crippen LogP contribution is 2.55. The van der Waals surface area contributed by atoms with Crippen LogP contribution in [0.2, 0.25) is 5.02 Å². The normalized spacial score (nSPS) is 19.9. The van der Waals surface area contributed by atoms with E-state index in [4.69, 9.17) is 11.6 Å². The number of hydrogen-bond donors (Lipinski definition) is 0. The summed E-state index contributed by atoms with van der Waals surface area (Å²) in [6.07, 6.45) is 0. The van der Waals surface area contributed by atoms with Crippen molar-refractivity contribution in [3.05, 3.63) is 100 Å². The number of rotatable bonds is 3. The van der Waals surface area contributed by atoms with Crippen molar-refractivity contribution >= 4 is 40.9 Å². The van der Waals surface area contributed by atoms with Gasteiger partial charge in [0.15, 0.2) is 4.87 Å². The van der Waals surface area contributed by atoms with Crippen molar-refractivity contribution in [3.63, 3.8) is 0 Å². The maximum Gasteiger partial charge on any atom is 0.268 e. The molecule has 1 atom stereocenters. The second-order valence-electron chi connectivity index (χ2n) is 7.46. The van der Waals surface area contributed by atoms with Gasteiger partial charge in [-0.25, -0.2) is 4.39 Å². The van der Waals surface area contributed by atoms with Crippen molar-refractivity contribution in [3.8, 4) is 0 Å². The lowest BCUT2D eigenvalue weighted by Gasteiger charge is -2.33. The third-order valence-electron chi connectivity index (χ3n) is 5.71. The maximum atomic E-state index is 14.3. The van der Waals surface area contributed by atoms with Crippen LogP contribution in [0.3, 0.4) is 0 Å². The molecule has 1 spiro atoms. The lowest BCUT2D eigenvalue weighted by atomic mass is 10.0. The van der Waals surface area contributed by atoms with Gasteiger partial charge in [0.25, 0.3) is 11.8 Å². The van der Waals surface area contributed by atoms with E-state index in [0.29, 0.717) is 34.1 Å². The molecule has 3 aromatic rings. The first-order valence-electron chi connectivity index (χ1n) is 9.89. The Morgan fingerprint density at radius 3 is 2.58 bits per heavy atom. The van der Waals surface area contributed by atoms with Gasteiger partial charge in [0.05, 0.1) is 12.2 Å². The zero-order valence-corrected chi connectivity index (χ0v) is 18.0. The summed E-state index contributed by atoms with van der Waals surface area (Å²) >= 11 is 7.72. The molecule has 31 heavy (non-hydrogen) atoms. The summed E-state index contributed by atoms with van der Waals surface area (Å²) in [4.78, 5) is 29.2. The first kappa shape index (κ1) is 20.1. The van der Waals surface area contributed by atoms with Crippen LogP contribution in [0.4, 0.5) is 10.1 Å². The summed E-state index contributed by atoms with van der Waals surface area (Å²) in [5, 5.41) is 0.552. The average molecular weight is 453 g/mol. The summed E-state index contributed by atoms with van der Waals surface area (Å²) in [5.41, 5.74) is 2.40. The van der Waals surface area contributed by atoms with Crippen LogP contribution < -0.4 is 4.90 Å². The molecular formula is C24H18ClFN2O2S. The van der Waals surface area contributed by atoms with Gasteiger partial charge in [0, 0.05) is 28.4 Å². The molecule has 0 bridgehead atoms. The van der Waals surface area contributed by atoms with Gasteiger partial charge in [0.1, 0.15) is 5.82 Å². The van der Waals surface area contributed by atoms with Crippen LogP contribution in [-0.4, -0.2) is 29.0 Å². The number of hydrogen-bond acceptors (Lipinski definition) is 3. The smallest absolute Gasteiger partial charge is 0.268 e. The molecule has 0 N–H and O–H groups in total. The highest BCUT2D eigenvalue weighted by molar-refractivity contribution is 8.01. The molecule has 2 aliphatic heterocycles. The number of thioether (sulfide) groups is 1. The minimum atomic E-state index is -1.29. The van der Waals surface area contributed by atoms with Gasteiger partial charge in [-0.3, -0.25) is 9.59 Å². The number of carbonyl (C=O) groups excluding carboxylic acids is 2. The summed E-state index contributed by atoms with van der Waals surface area (Å²) in [6, 6.07) is 20.5. The third-order valence-corrected chi connectivity index (χ3v) is 7.50. The quantitative estimate of drug-likeness (QED) is 0.557. The third kappa shape index (κ3) is 3.13. The van der Waals surface area contributed by atoms with E-state index in [2.05, 4.69) is 0 Å². The van der Waals surface area contributed by atoms with E-state index in [1.807, 2.05) is 24.3 Å². The van der Waals surface area contributed by atoms with Crippen LogP contribution in [0.5, 0.6) is 0 Å². The van der Waals surface area contributed by atoms with Gasteiger partial charge < -0.3 is 9.80 Å². The predicted molar refractivity (Wildman–Crippen MR) is 121 cm³/mol. The second kappa shape index (κ2) is 7.70. The second-order valence-corrected chi connectivity index (χ2v) is 9.15. The Morgan fingerprint density at radius 1 is 1.06 bits per heavy atom. The first-order valence-corrected chi connectivity index (χ1v) is 11.2. The largest absolute Gasteiger partial charge is 0.311 e. The highest BCUT2D eigenvalue weighted by Gasteiger charge is 2.59. The Bertz CT molecular complexity index is 1190. The summed E-state index contributed by atoms with van der Waals surface area (Å²) < 4.78 is 14.3. The van der Waals surface area contributed by atoms with E-state index in [1.54, 1.807) is 46.2 Å². The molecule has 2 amide bonds. The summed E-state index contributed by atoms with van der Waals surface area (Å²) in [5.74, 6) is -0.348. The van der Waals surface area contributed by atoms with Gasteiger partial charge in [-0.1, -0.05) is 48.0 Å². The molecule has 1 saturated heterocycles. The number of benzene rings is 3. The number of halogens is 2. The molecule has 1 unspecified atom stereocenters. The molecule has 0 radical (unpaired) electrons. The van der Waals surface area contributed by atoms with Gasteiger partial charge in [-0.2, -0.15) is 0 Å². The topological polar surface area (TPSA) is 40.6 Å². The molecule has 7 heteroatoms. The van der Waals surface area contributed by atoms with Crippen LogP contribution in [0.15, 0.2) is 72.8 Å². The zero-order valence-electron chi connectivity index (χ0n) is 16.4. The van der Waals surface area contributed by atoms with Gasteiger partial charge in [-0.15, -0.1) is 11.8 Å². The molecule has 4 nitrogen and oxygen atoms in total. The van der Waals surface area contributed by atoms with E-state index in [9.17, 15) is 14.0 Å². The van der Waals surface area contributed by atoms with E-state index in [1.165, 1.54) is 23.9 Å². The van der Waals surface area contributed by atoms with E-state index >= 15 is 0 Å². The summed E-state index contributed by atoms with van der Waals surface area (Å²) in [6.45, 7) is 0.646. The zero-order chi connectivity index (χ0) is 21.6. The molecule has 3 aromatic carbocycles. The van der Waals surface area contributed by atoms with Crippen LogP contribution in [-0.2, 0) is 16.2 Å². The van der Waals surface area contributed by atoms with Crippen LogP contribution in [0.25, 0.3) is 0 Å². The lowest BCUT2D eigenvalue weighted by molar-refractivity contribution is -0.123. The fraction of sp³-hybridized carbons (Fsp3) is 0.167. The number of amides is 2. The maximum absolute atomic E-state index is 14.3. The Hall–Kier alpha value is -2.83. The van der Waals surface area contributed by atoms with E-state index in [0.717, 1.165) is 5.56 Å². The van der Waals surface area contributed by atoms with Crippen molar-refractivity contribution in [2.45, 2.75) is 11.4 Å². The SMILES string of the molecule is O=C(c1ccccc1)N1CCSC12C(=O)N(Cc1ccccc1Cl)c1ccc(F)cc12. The molecule has 0 saturated carbocycles. The van der Waals surface area contributed by atoms with E-state index in [-0.39, 0.29) is 18.4 Å². The molecule has 2 heterocycles. The number of anilines is 1. The fourth-order valence-electron chi connectivity index (χ4n) is 4.28. The molecular weight excluding hydrogens is 435 g/mol. The fourth-order valence-corrected chi connectivity index (χ4v) is 5.93. The molecule has 1 fully saturated rings. The standard InChI is InChI=1S/C24H18ClFN2O2S/c25-20-9-5-4-8-17(20)15-27-21-11-10-18(26)14-19(21)24(23(27)30)28(12-13-31-24)22(29)16-6-2-1-3-7-16/h1-11,14H,12-13,15H2. The molecule has 156 valence electrons. The predicted octanol–water partition coefficient (Wildman–Crippen LogP) is 5.07. The summed E-state index contributed by atoms with van der Waals surface area (Å²) in [7, 11) is 0. The van der Waals surface area contributed by atoms with Crippen molar-refractivity contribution in [2.24, 2.45) is 0 Å². The van der Waals surface area contributed by atoms with Crippen molar-refractivity contribution < 1.29 is 14.0 Å². The highest BCUT2D eigenvalue weighted by atomic mass is 35.5. The molecule has 2 aliphatic rings. The van der Waals surface area contributed by atoms with Crippen LogP contribution in [0.1, 0.15) is 21.5 Å². The Labute approximate surface area is 188 Å². The molecule has 5 rings (SSSR count). The first-order chi connectivity index (χ1) is 15.0. The van der Waals surface area contributed by atoms with Gasteiger partial charge in [0.2, 0.25) is 0 Å². The monoisotopic (exact) mass is 452 g/mol.